The number of rotatable bonds is 6. The van der Waals surface area contributed by atoms with Crippen LogP contribution in [0.3, 0.4) is 0 Å². The molecule has 0 spiro atoms. The standard InChI is InChI=1S/C12H17N5O/c1-2-4-13-11-9-12(18)17(15-10-11)8-7-16-6-3-5-14-16/h3,5-6,9-10,13H,2,4,7-8H2,1H3. The second kappa shape index (κ2) is 6.00. The summed E-state index contributed by atoms with van der Waals surface area (Å²) in [6.07, 6.45) is 6.28. The summed E-state index contributed by atoms with van der Waals surface area (Å²) in [6.45, 7) is 4.08. The van der Waals surface area contributed by atoms with Gasteiger partial charge in [-0.25, -0.2) is 4.68 Å². The Bertz CT molecular complexity index is 532. The monoisotopic (exact) mass is 247 g/mol. The first-order valence-electron chi connectivity index (χ1n) is 6.08. The van der Waals surface area contributed by atoms with Crippen LogP contribution in [0, 0.1) is 0 Å². The molecule has 0 atom stereocenters. The Hall–Kier alpha value is -2.11. The lowest BCUT2D eigenvalue weighted by Gasteiger charge is -2.07. The molecule has 2 rings (SSSR count). The third-order valence-corrected chi connectivity index (χ3v) is 2.55. The van der Waals surface area contributed by atoms with Gasteiger partial charge in [-0.05, 0) is 12.5 Å². The number of hydrogen-bond donors (Lipinski definition) is 1. The average Bonchev–Trinajstić information content (AvgIpc) is 2.88. The summed E-state index contributed by atoms with van der Waals surface area (Å²) in [4.78, 5) is 11.8. The van der Waals surface area contributed by atoms with E-state index in [9.17, 15) is 4.79 Å². The Balaban J connectivity index is 1.99. The van der Waals surface area contributed by atoms with Crippen LogP contribution in [0.4, 0.5) is 5.69 Å². The van der Waals surface area contributed by atoms with Crippen molar-refractivity contribution in [3.8, 4) is 0 Å². The topological polar surface area (TPSA) is 64.7 Å². The molecule has 6 nitrogen and oxygen atoms in total. The lowest BCUT2D eigenvalue weighted by Crippen LogP contribution is -2.24. The second-order valence-corrected chi connectivity index (χ2v) is 4.00. The highest BCUT2D eigenvalue weighted by atomic mass is 16.1. The lowest BCUT2D eigenvalue weighted by atomic mass is 10.4. The summed E-state index contributed by atoms with van der Waals surface area (Å²) in [5.74, 6) is 0. The van der Waals surface area contributed by atoms with Gasteiger partial charge >= 0.3 is 0 Å². The predicted molar refractivity (Wildman–Crippen MR) is 69.5 cm³/mol. The van der Waals surface area contributed by atoms with Gasteiger partial charge in [-0.1, -0.05) is 6.92 Å². The Morgan fingerprint density at radius 1 is 1.33 bits per heavy atom. The van der Waals surface area contributed by atoms with Gasteiger partial charge in [-0.3, -0.25) is 9.48 Å². The molecule has 18 heavy (non-hydrogen) atoms. The van der Waals surface area contributed by atoms with Crippen molar-refractivity contribution in [3.05, 3.63) is 41.1 Å². The van der Waals surface area contributed by atoms with Crippen molar-refractivity contribution in [2.24, 2.45) is 0 Å². The van der Waals surface area contributed by atoms with Crippen molar-refractivity contribution in [1.82, 2.24) is 19.6 Å². The van der Waals surface area contributed by atoms with Crippen molar-refractivity contribution < 1.29 is 0 Å². The third-order valence-electron chi connectivity index (χ3n) is 2.55. The van der Waals surface area contributed by atoms with E-state index in [1.54, 1.807) is 23.1 Å². The highest BCUT2D eigenvalue weighted by Crippen LogP contribution is 1.99. The molecular formula is C12H17N5O. The summed E-state index contributed by atoms with van der Waals surface area (Å²) in [5, 5.41) is 11.3. The van der Waals surface area contributed by atoms with E-state index in [-0.39, 0.29) is 5.56 Å². The van der Waals surface area contributed by atoms with Gasteiger partial charge in [-0.15, -0.1) is 0 Å². The fourth-order valence-electron chi connectivity index (χ4n) is 1.60. The van der Waals surface area contributed by atoms with E-state index >= 15 is 0 Å². The number of aromatic nitrogens is 4. The van der Waals surface area contributed by atoms with Gasteiger partial charge in [0.25, 0.3) is 5.56 Å². The minimum absolute atomic E-state index is 0.0942. The normalized spacial score (nSPS) is 10.5. The number of nitrogens with one attached hydrogen (secondary N) is 1. The molecule has 2 aromatic heterocycles. The maximum atomic E-state index is 11.8. The van der Waals surface area contributed by atoms with Crippen molar-refractivity contribution in [2.75, 3.05) is 11.9 Å². The van der Waals surface area contributed by atoms with E-state index in [0.717, 1.165) is 18.7 Å². The molecule has 0 saturated carbocycles. The molecule has 2 aromatic rings. The van der Waals surface area contributed by atoms with Gasteiger partial charge in [0.2, 0.25) is 0 Å². The second-order valence-electron chi connectivity index (χ2n) is 4.00. The zero-order chi connectivity index (χ0) is 12.8. The van der Waals surface area contributed by atoms with Gasteiger partial charge in [0, 0.05) is 25.0 Å². The van der Waals surface area contributed by atoms with Gasteiger partial charge in [-0.2, -0.15) is 10.2 Å². The molecule has 0 aromatic carbocycles. The molecule has 0 aliphatic rings. The van der Waals surface area contributed by atoms with E-state index in [4.69, 9.17) is 0 Å². The van der Waals surface area contributed by atoms with Crippen LogP contribution < -0.4 is 10.9 Å². The fraction of sp³-hybridized carbons (Fsp3) is 0.417. The molecule has 0 aliphatic heterocycles. The van der Waals surface area contributed by atoms with E-state index in [2.05, 4.69) is 22.4 Å². The quantitative estimate of drug-likeness (QED) is 0.825. The van der Waals surface area contributed by atoms with E-state index < -0.39 is 0 Å². The van der Waals surface area contributed by atoms with Crippen LogP contribution in [0.5, 0.6) is 0 Å². The number of aryl methyl sites for hydroxylation is 2. The van der Waals surface area contributed by atoms with Gasteiger partial charge in [0.1, 0.15) is 0 Å². The molecule has 0 bridgehead atoms. The first kappa shape index (κ1) is 12.3. The minimum atomic E-state index is -0.0942. The number of hydrogen-bond acceptors (Lipinski definition) is 4. The summed E-state index contributed by atoms with van der Waals surface area (Å²) in [7, 11) is 0. The van der Waals surface area contributed by atoms with Crippen molar-refractivity contribution in [2.45, 2.75) is 26.4 Å². The van der Waals surface area contributed by atoms with E-state index in [1.807, 2.05) is 12.3 Å². The Labute approximate surface area is 105 Å². The van der Waals surface area contributed by atoms with Crippen LogP contribution in [-0.4, -0.2) is 26.1 Å². The first-order valence-corrected chi connectivity index (χ1v) is 6.08. The van der Waals surface area contributed by atoms with Crippen LogP contribution >= 0.6 is 0 Å². The molecule has 0 fully saturated rings. The van der Waals surface area contributed by atoms with Crippen LogP contribution in [0.25, 0.3) is 0 Å². The van der Waals surface area contributed by atoms with Crippen LogP contribution in [0.1, 0.15) is 13.3 Å². The van der Waals surface area contributed by atoms with E-state index in [1.165, 1.54) is 4.68 Å². The minimum Gasteiger partial charge on any atom is -0.384 e. The molecule has 1 N–H and O–H groups in total. The molecular weight excluding hydrogens is 230 g/mol. The highest BCUT2D eigenvalue weighted by molar-refractivity contribution is 5.38. The van der Waals surface area contributed by atoms with Crippen molar-refractivity contribution in [1.29, 1.82) is 0 Å². The van der Waals surface area contributed by atoms with Gasteiger partial charge < -0.3 is 5.32 Å². The third kappa shape index (κ3) is 3.19. The zero-order valence-electron chi connectivity index (χ0n) is 10.4. The summed E-state index contributed by atoms with van der Waals surface area (Å²) in [6, 6.07) is 3.43. The maximum Gasteiger partial charge on any atom is 0.268 e. The van der Waals surface area contributed by atoms with Crippen LogP contribution in [-0.2, 0) is 13.1 Å². The molecule has 0 aliphatic carbocycles. The molecule has 6 heteroatoms. The molecule has 0 unspecified atom stereocenters. The maximum absolute atomic E-state index is 11.8. The van der Waals surface area contributed by atoms with Crippen LogP contribution in [0.15, 0.2) is 35.5 Å². The largest absolute Gasteiger partial charge is 0.384 e. The molecule has 96 valence electrons. The molecule has 0 amide bonds. The molecule has 0 saturated heterocycles. The zero-order valence-corrected chi connectivity index (χ0v) is 10.4. The summed E-state index contributed by atoms with van der Waals surface area (Å²) >= 11 is 0. The Kier molecular flexibility index (Phi) is 4.11. The summed E-state index contributed by atoms with van der Waals surface area (Å²) in [5.41, 5.74) is 0.681. The van der Waals surface area contributed by atoms with Crippen molar-refractivity contribution >= 4 is 5.69 Å². The SMILES string of the molecule is CCCNc1cnn(CCn2cccn2)c(=O)c1. The lowest BCUT2D eigenvalue weighted by molar-refractivity contribution is 0.483. The van der Waals surface area contributed by atoms with Gasteiger partial charge in [0.15, 0.2) is 0 Å². The highest BCUT2D eigenvalue weighted by Gasteiger charge is 2.00. The number of anilines is 1. The Morgan fingerprint density at radius 3 is 2.89 bits per heavy atom. The van der Waals surface area contributed by atoms with Crippen molar-refractivity contribution in [3.63, 3.8) is 0 Å². The predicted octanol–water partition coefficient (Wildman–Crippen LogP) is 0.962. The molecule has 2 heterocycles. The van der Waals surface area contributed by atoms with E-state index in [0.29, 0.717) is 13.1 Å². The fourth-order valence-corrected chi connectivity index (χ4v) is 1.60. The Morgan fingerprint density at radius 2 is 2.22 bits per heavy atom. The number of nitrogens with zero attached hydrogens (tertiary/aromatic N) is 4. The molecule has 0 radical (unpaired) electrons. The average molecular weight is 247 g/mol. The van der Waals surface area contributed by atoms with Crippen LogP contribution in [0.2, 0.25) is 0 Å². The first-order chi connectivity index (χ1) is 8.79. The smallest absolute Gasteiger partial charge is 0.268 e. The van der Waals surface area contributed by atoms with Gasteiger partial charge in [0.05, 0.1) is 25.0 Å². The summed E-state index contributed by atoms with van der Waals surface area (Å²) < 4.78 is 3.22.